The summed E-state index contributed by atoms with van der Waals surface area (Å²) in [4.78, 5) is 34.8. The average Bonchev–Trinajstić information content (AvgIpc) is 3.11. The molecule has 0 saturated heterocycles. The number of aryl methyl sites for hydroxylation is 2. The summed E-state index contributed by atoms with van der Waals surface area (Å²) in [6, 6.07) is 17.7. The highest BCUT2D eigenvalue weighted by Crippen LogP contribution is 2.36. The maximum absolute atomic E-state index is 12.9. The van der Waals surface area contributed by atoms with Gasteiger partial charge in [-0.15, -0.1) is 11.3 Å². The van der Waals surface area contributed by atoms with Crippen molar-refractivity contribution in [3.8, 4) is 11.1 Å². The Morgan fingerprint density at radius 2 is 1.87 bits per heavy atom. The van der Waals surface area contributed by atoms with Crippen molar-refractivity contribution in [1.82, 2.24) is 9.97 Å². The highest BCUT2D eigenvalue weighted by molar-refractivity contribution is 8.00. The number of carbonyl (C=O) groups excluding carboxylic acids is 1. The molecule has 0 aliphatic heterocycles. The number of rotatable bonds is 6. The van der Waals surface area contributed by atoms with E-state index in [9.17, 15) is 9.59 Å². The molecule has 4 rings (SSSR count). The van der Waals surface area contributed by atoms with Gasteiger partial charge in [-0.25, -0.2) is 4.98 Å². The lowest BCUT2D eigenvalue weighted by molar-refractivity contribution is -0.115. The van der Waals surface area contributed by atoms with Gasteiger partial charge in [-0.3, -0.25) is 9.59 Å². The van der Waals surface area contributed by atoms with Crippen molar-refractivity contribution in [2.24, 2.45) is 0 Å². The molecular weight excluding hydrogens is 426 g/mol. The van der Waals surface area contributed by atoms with Gasteiger partial charge in [0.2, 0.25) is 5.91 Å². The lowest BCUT2D eigenvalue weighted by Gasteiger charge is -2.12. The predicted molar refractivity (Wildman–Crippen MR) is 130 cm³/mol. The number of fused-ring (bicyclic) bond motifs is 1. The Morgan fingerprint density at radius 3 is 2.55 bits per heavy atom. The number of thioether (sulfide) groups is 1. The second kappa shape index (κ2) is 9.08. The van der Waals surface area contributed by atoms with Crippen LogP contribution < -0.4 is 10.9 Å². The second-order valence-electron chi connectivity index (χ2n) is 7.25. The normalized spacial score (nSPS) is 12.1. The van der Waals surface area contributed by atoms with Crippen LogP contribution in [0.4, 0.5) is 5.69 Å². The molecule has 2 aromatic heterocycles. The molecule has 158 valence electrons. The third kappa shape index (κ3) is 4.57. The summed E-state index contributed by atoms with van der Waals surface area (Å²) >= 11 is 2.74. The van der Waals surface area contributed by atoms with Crippen molar-refractivity contribution < 1.29 is 4.79 Å². The SMILES string of the molecule is CCc1ccc(NC(=O)C(C)Sc2nc3sc(C)c(-c4ccccc4)c3c(=O)[nH]2)cc1. The summed E-state index contributed by atoms with van der Waals surface area (Å²) < 4.78 is 0. The highest BCUT2D eigenvalue weighted by atomic mass is 32.2. The lowest BCUT2D eigenvalue weighted by atomic mass is 10.0. The molecule has 2 aromatic carbocycles. The lowest BCUT2D eigenvalue weighted by Crippen LogP contribution is -2.23. The number of aromatic amines is 1. The molecule has 2 heterocycles. The van der Waals surface area contributed by atoms with E-state index in [-0.39, 0.29) is 11.5 Å². The van der Waals surface area contributed by atoms with Crippen LogP contribution in [0.15, 0.2) is 64.5 Å². The van der Waals surface area contributed by atoms with E-state index in [4.69, 9.17) is 0 Å². The summed E-state index contributed by atoms with van der Waals surface area (Å²) in [6.07, 6.45) is 0.955. The molecule has 0 spiro atoms. The van der Waals surface area contributed by atoms with Crippen molar-refractivity contribution in [2.75, 3.05) is 5.32 Å². The molecule has 0 fully saturated rings. The maximum atomic E-state index is 12.9. The minimum absolute atomic E-state index is 0.135. The molecule has 31 heavy (non-hydrogen) atoms. The standard InChI is InChI=1S/C24H23N3O2S2/c1-4-16-10-12-18(13-11-16)25-21(28)15(3)31-24-26-22(29)20-19(14(2)30-23(20)27-24)17-8-6-5-7-9-17/h5-13,15H,4H2,1-3H3,(H,25,28)(H,26,27,29). The molecule has 0 aliphatic rings. The van der Waals surface area contributed by atoms with E-state index >= 15 is 0 Å². The summed E-state index contributed by atoms with van der Waals surface area (Å²) in [7, 11) is 0. The van der Waals surface area contributed by atoms with E-state index in [0.717, 1.165) is 28.1 Å². The molecule has 1 unspecified atom stereocenters. The van der Waals surface area contributed by atoms with Crippen molar-refractivity contribution in [3.05, 3.63) is 75.4 Å². The number of hydrogen-bond acceptors (Lipinski definition) is 5. The molecular formula is C24H23N3O2S2. The van der Waals surface area contributed by atoms with Gasteiger partial charge in [0.15, 0.2) is 5.16 Å². The van der Waals surface area contributed by atoms with Gasteiger partial charge in [0.1, 0.15) is 4.83 Å². The number of aromatic nitrogens is 2. The first-order valence-electron chi connectivity index (χ1n) is 10.1. The number of hydrogen-bond donors (Lipinski definition) is 2. The molecule has 2 N–H and O–H groups in total. The van der Waals surface area contributed by atoms with Gasteiger partial charge >= 0.3 is 0 Å². The Morgan fingerprint density at radius 1 is 1.16 bits per heavy atom. The van der Waals surface area contributed by atoms with Crippen LogP contribution in [0.5, 0.6) is 0 Å². The Kier molecular flexibility index (Phi) is 6.25. The van der Waals surface area contributed by atoms with Gasteiger partial charge < -0.3 is 10.3 Å². The van der Waals surface area contributed by atoms with Crippen LogP contribution in [0.25, 0.3) is 21.3 Å². The van der Waals surface area contributed by atoms with Gasteiger partial charge in [0, 0.05) is 16.1 Å². The van der Waals surface area contributed by atoms with Crippen LogP contribution in [0.2, 0.25) is 0 Å². The number of nitrogens with zero attached hydrogens (tertiary/aromatic N) is 1. The van der Waals surface area contributed by atoms with E-state index in [0.29, 0.717) is 15.4 Å². The van der Waals surface area contributed by atoms with E-state index in [1.165, 1.54) is 28.7 Å². The molecule has 5 nitrogen and oxygen atoms in total. The molecule has 4 aromatic rings. The molecule has 0 saturated carbocycles. The Bertz CT molecular complexity index is 1280. The van der Waals surface area contributed by atoms with E-state index in [2.05, 4.69) is 22.2 Å². The smallest absolute Gasteiger partial charge is 0.260 e. The molecule has 7 heteroatoms. The van der Waals surface area contributed by atoms with Gasteiger partial charge in [-0.2, -0.15) is 0 Å². The van der Waals surface area contributed by atoms with Crippen LogP contribution in [0.1, 0.15) is 24.3 Å². The average molecular weight is 450 g/mol. The number of nitrogens with one attached hydrogen (secondary N) is 2. The monoisotopic (exact) mass is 449 g/mol. The zero-order chi connectivity index (χ0) is 22.0. The van der Waals surface area contributed by atoms with Crippen molar-refractivity contribution in [3.63, 3.8) is 0 Å². The largest absolute Gasteiger partial charge is 0.325 e. The summed E-state index contributed by atoms with van der Waals surface area (Å²) in [5, 5.41) is 3.56. The number of H-pyrrole nitrogens is 1. The van der Waals surface area contributed by atoms with Gasteiger partial charge in [0.25, 0.3) is 5.56 Å². The van der Waals surface area contributed by atoms with Crippen LogP contribution in [-0.4, -0.2) is 21.1 Å². The van der Waals surface area contributed by atoms with Crippen LogP contribution in [0.3, 0.4) is 0 Å². The molecule has 0 bridgehead atoms. The maximum Gasteiger partial charge on any atom is 0.260 e. The van der Waals surface area contributed by atoms with Crippen LogP contribution in [-0.2, 0) is 11.2 Å². The first kappa shape index (κ1) is 21.3. The Hall–Kier alpha value is -2.90. The van der Waals surface area contributed by atoms with Crippen molar-refractivity contribution in [1.29, 1.82) is 0 Å². The minimum atomic E-state index is -0.416. The van der Waals surface area contributed by atoms with E-state index in [1.54, 1.807) is 6.92 Å². The summed E-state index contributed by atoms with van der Waals surface area (Å²) in [6.45, 7) is 5.90. The predicted octanol–water partition coefficient (Wildman–Crippen LogP) is 5.64. The van der Waals surface area contributed by atoms with Gasteiger partial charge in [-0.1, -0.05) is 61.2 Å². The third-order valence-electron chi connectivity index (χ3n) is 5.07. The quantitative estimate of drug-likeness (QED) is 0.295. The van der Waals surface area contributed by atoms with Gasteiger partial charge in [-0.05, 0) is 43.5 Å². The molecule has 0 aliphatic carbocycles. The van der Waals surface area contributed by atoms with Crippen LogP contribution >= 0.6 is 23.1 Å². The van der Waals surface area contributed by atoms with E-state index < -0.39 is 5.25 Å². The number of benzene rings is 2. The number of amides is 1. The van der Waals surface area contributed by atoms with Gasteiger partial charge in [0.05, 0.1) is 10.6 Å². The zero-order valence-corrected chi connectivity index (χ0v) is 19.2. The molecule has 1 atom stereocenters. The highest BCUT2D eigenvalue weighted by Gasteiger charge is 2.20. The van der Waals surface area contributed by atoms with Crippen molar-refractivity contribution >= 4 is 44.9 Å². The second-order valence-corrected chi connectivity index (χ2v) is 9.78. The molecule has 0 radical (unpaired) electrons. The van der Waals surface area contributed by atoms with E-state index in [1.807, 2.05) is 61.5 Å². The topological polar surface area (TPSA) is 74.8 Å². The Labute approximate surface area is 188 Å². The minimum Gasteiger partial charge on any atom is -0.325 e. The first-order chi connectivity index (χ1) is 15.0. The number of anilines is 1. The van der Waals surface area contributed by atoms with Crippen LogP contribution in [0, 0.1) is 6.92 Å². The summed E-state index contributed by atoms with van der Waals surface area (Å²) in [5.74, 6) is -0.135. The first-order valence-corrected chi connectivity index (χ1v) is 11.8. The fourth-order valence-corrected chi connectivity index (χ4v) is 5.30. The third-order valence-corrected chi connectivity index (χ3v) is 7.05. The number of carbonyl (C=O) groups is 1. The fraction of sp³-hybridized carbons (Fsp3) is 0.208. The Balaban J connectivity index is 1.56. The summed E-state index contributed by atoms with van der Waals surface area (Å²) in [5.41, 5.74) is 3.72. The number of thiophene rings is 1. The molecule has 1 amide bonds. The fourth-order valence-electron chi connectivity index (χ4n) is 3.40. The van der Waals surface area contributed by atoms with Crippen molar-refractivity contribution in [2.45, 2.75) is 37.6 Å². The zero-order valence-electron chi connectivity index (χ0n) is 17.6.